The van der Waals surface area contributed by atoms with Crippen molar-refractivity contribution >= 4 is 12.2 Å². The topological polar surface area (TPSA) is 44.2 Å². The van der Waals surface area contributed by atoms with E-state index in [1.165, 1.54) is 0 Å². The molecule has 0 aliphatic heterocycles. The summed E-state index contributed by atoms with van der Waals surface area (Å²) in [4.78, 5) is 0. The highest BCUT2D eigenvalue weighted by atomic mass is 16.5. The maximum absolute atomic E-state index is 5.62. The molecule has 1 heterocycles. The highest BCUT2D eigenvalue weighted by molar-refractivity contribution is 5.69. The summed E-state index contributed by atoms with van der Waals surface area (Å²) in [6.45, 7) is 2.76. The maximum Gasteiger partial charge on any atom is 0.161 e. The van der Waals surface area contributed by atoms with Crippen LogP contribution in [0.2, 0.25) is 0 Å². The van der Waals surface area contributed by atoms with Crippen LogP contribution in [0.5, 0.6) is 11.5 Å². The maximum atomic E-state index is 5.62. The van der Waals surface area contributed by atoms with Gasteiger partial charge in [-0.15, -0.1) is 0 Å². The van der Waals surface area contributed by atoms with Gasteiger partial charge in [-0.2, -0.15) is 10.2 Å². The van der Waals surface area contributed by atoms with E-state index in [4.69, 9.17) is 9.47 Å². The summed E-state index contributed by atoms with van der Waals surface area (Å²) < 4.78 is 11.0. The van der Waals surface area contributed by atoms with Gasteiger partial charge in [0, 0.05) is 6.20 Å². The summed E-state index contributed by atoms with van der Waals surface area (Å²) in [6.07, 6.45) is 6.50. The van der Waals surface area contributed by atoms with Crippen molar-refractivity contribution in [1.29, 1.82) is 0 Å². The van der Waals surface area contributed by atoms with Crippen molar-refractivity contribution in [3.63, 3.8) is 0 Å². The van der Waals surface area contributed by atoms with Gasteiger partial charge in [-0.3, -0.25) is 0 Å². The van der Waals surface area contributed by atoms with Crippen molar-refractivity contribution < 1.29 is 9.47 Å². The molecule has 4 heteroatoms. The Hall–Kier alpha value is -2.36. The van der Waals surface area contributed by atoms with Crippen LogP contribution >= 0.6 is 0 Å². The van der Waals surface area contributed by atoms with Crippen LogP contribution in [0.1, 0.15) is 24.6 Å². The van der Waals surface area contributed by atoms with Crippen molar-refractivity contribution in [1.82, 2.24) is 10.2 Å². The van der Waals surface area contributed by atoms with Gasteiger partial charge in [0.05, 0.1) is 19.4 Å². The van der Waals surface area contributed by atoms with Crippen LogP contribution < -0.4 is 9.47 Å². The van der Waals surface area contributed by atoms with Gasteiger partial charge < -0.3 is 9.47 Å². The van der Waals surface area contributed by atoms with E-state index in [2.05, 4.69) is 17.1 Å². The molecular weight excluding hydrogens is 252 g/mol. The molecule has 0 fully saturated rings. The van der Waals surface area contributed by atoms with Crippen molar-refractivity contribution in [3.05, 3.63) is 47.8 Å². The van der Waals surface area contributed by atoms with Crippen LogP contribution in [0.4, 0.5) is 0 Å². The Labute approximate surface area is 119 Å². The molecule has 2 rings (SSSR count). The minimum absolute atomic E-state index is 0.686. The number of nitrogens with zero attached hydrogens (tertiary/aromatic N) is 2. The molecule has 1 aromatic heterocycles. The van der Waals surface area contributed by atoms with E-state index in [0.29, 0.717) is 6.61 Å². The first-order valence-corrected chi connectivity index (χ1v) is 6.60. The Morgan fingerprint density at radius 2 is 2.05 bits per heavy atom. The first-order chi connectivity index (χ1) is 9.83. The molecule has 20 heavy (non-hydrogen) atoms. The number of ether oxygens (including phenoxy) is 2. The third kappa shape index (κ3) is 3.82. The lowest BCUT2D eigenvalue weighted by molar-refractivity contribution is 0.294. The number of hydrogen-bond donors (Lipinski definition) is 0. The van der Waals surface area contributed by atoms with E-state index in [-0.39, 0.29) is 0 Å². The summed E-state index contributed by atoms with van der Waals surface area (Å²) in [5.74, 6) is 1.51. The third-order valence-electron chi connectivity index (χ3n) is 2.69. The molecule has 0 N–H and O–H groups in total. The van der Waals surface area contributed by atoms with Crippen LogP contribution in [-0.2, 0) is 0 Å². The van der Waals surface area contributed by atoms with Gasteiger partial charge in [0.25, 0.3) is 0 Å². The van der Waals surface area contributed by atoms with E-state index < -0.39 is 0 Å². The number of aromatic nitrogens is 2. The Kier molecular flexibility index (Phi) is 5.12. The Morgan fingerprint density at radius 1 is 1.15 bits per heavy atom. The fourth-order valence-electron chi connectivity index (χ4n) is 1.70. The van der Waals surface area contributed by atoms with Gasteiger partial charge in [-0.1, -0.05) is 19.1 Å². The van der Waals surface area contributed by atoms with E-state index >= 15 is 0 Å². The van der Waals surface area contributed by atoms with Crippen molar-refractivity contribution in [2.24, 2.45) is 0 Å². The highest BCUT2D eigenvalue weighted by Crippen LogP contribution is 2.28. The second-order valence-corrected chi connectivity index (χ2v) is 4.24. The zero-order chi connectivity index (χ0) is 14.2. The molecule has 0 saturated heterocycles. The van der Waals surface area contributed by atoms with Gasteiger partial charge in [0.15, 0.2) is 11.5 Å². The number of methoxy groups -OCH3 is 1. The molecule has 104 valence electrons. The molecule has 0 saturated carbocycles. The lowest BCUT2D eigenvalue weighted by atomic mass is 10.1. The zero-order valence-corrected chi connectivity index (χ0v) is 11.7. The number of hydrogen-bond acceptors (Lipinski definition) is 4. The standard InChI is InChI=1S/C16H18N2O2/c1-3-11-20-15-9-7-13(12-16(15)19-2)6-8-14-5-4-10-17-18-14/h4-10,12H,3,11H2,1-2H3/b8-6+. The van der Waals surface area contributed by atoms with Crippen molar-refractivity contribution in [3.8, 4) is 11.5 Å². The van der Waals surface area contributed by atoms with Gasteiger partial charge in [0.1, 0.15) is 0 Å². The predicted molar refractivity (Wildman–Crippen MR) is 79.7 cm³/mol. The second-order valence-electron chi connectivity index (χ2n) is 4.24. The minimum atomic E-state index is 0.686. The fraction of sp³-hybridized carbons (Fsp3) is 0.250. The number of rotatable bonds is 6. The molecule has 2 aromatic rings. The van der Waals surface area contributed by atoms with E-state index in [1.807, 2.05) is 42.5 Å². The van der Waals surface area contributed by atoms with Crippen LogP contribution in [0.3, 0.4) is 0 Å². The molecule has 0 atom stereocenters. The largest absolute Gasteiger partial charge is 0.493 e. The third-order valence-corrected chi connectivity index (χ3v) is 2.69. The summed E-state index contributed by atoms with van der Waals surface area (Å²) in [5, 5.41) is 7.83. The van der Waals surface area contributed by atoms with Crippen molar-refractivity contribution in [2.45, 2.75) is 13.3 Å². The van der Waals surface area contributed by atoms with Gasteiger partial charge >= 0.3 is 0 Å². The van der Waals surface area contributed by atoms with E-state index in [1.54, 1.807) is 13.3 Å². The van der Waals surface area contributed by atoms with E-state index in [0.717, 1.165) is 29.2 Å². The van der Waals surface area contributed by atoms with Crippen LogP contribution in [0.15, 0.2) is 36.5 Å². The van der Waals surface area contributed by atoms with Gasteiger partial charge in [-0.05, 0) is 42.3 Å². The number of benzene rings is 1. The fourth-order valence-corrected chi connectivity index (χ4v) is 1.70. The second kappa shape index (κ2) is 7.28. The molecule has 0 unspecified atom stereocenters. The predicted octanol–water partition coefficient (Wildman–Crippen LogP) is 3.44. The van der Waals surface area contributed by atoms with Crippen LogP contribution in [0.25, 0.3) is 12.2 Å². The van der Waals surface area contributed by atoms with Crippen LogP contribution in [-0.4, -0.2) is 23.9 Å². The molecule has 0 radical (unpaired) electrons. The molecule has 0 bridgehead atoms. The smallest absolute Gasteiger partial charge is 0.161 e. The first kappa shape index (κ1) is 14.1. The van der Waals surface area contributed by atoms with Crippen molar-refractivity contribution in [2.75, 3.05) is 13.7 Å². The lowest BCUT2D eigenvalue weighted by Gasteiger charge is -2.10. The summed E-state index contributed by atoms with van der Waals surface area (Å²) in [6, 6.07) is 9.61. The zero-order valence-electron chi connectivity index (χ0n) is 11.7. The lowest BCUT2D eigenvalue weighted by Crippen LogP contribution is -1.97. The summed E-state index contributed by atoms with van der Waals surface area (Å²) in [7, 11) is 1.64. The quantitative estimate of drug-likeness (QED) is 0.806. The molecule has 0 aliphatic carbocycles. The Bertz CT molecular complexity index is 568. The summed E-state index contributed by atoms with van der Waals surface area (Å²) in [5.41, 5.74) is 1.84. The summed E-state index contributed by atoms with van der Waals surface area (Å²) >= 11 is 0. The van der Waals surface area contributed by atoms with Gasteiger partial charge in [0.2, 0.25) is 0 Å². The first-order valence-electron chi connectivity index (χ1n) is 6.60. The SMILES string of the molecule is CCCOc1ccc(/C=C/c2cccnn2)cc1OC. The molecule has 0 aliphatic rings. The van der Waals surface area contributed by atoms with Crippen LogP contribution in [0, 0.1) is 0 Å². The monoisotopic (exact) mass is 270 g/mol. The normalized spacial score (nSPS) is 10.7. The highest BCUT2D eigenvalue weighted by Gasteiger charge is 2.04. The average Bonchev–Trinajstić information content (AvgIpc) is 2.52. The molecular formula is C16H18N2O2. The molecule has 1 aromatic carbocycles. The Balaban J connectivity index is 2.15. The molecule has 0 amide bonds. The molecule has 0 spiro atoms. The molecule has 4 nitrogen and oxygen atoms in total. The van der Waals surface area contributed by atoms with E-state index in [9.17, 15) is 0 Å². The van der Waals surface area contributed by atoms with Gasteiger partial charge in [-0.25, -0.2) is 0 Å². The minimum Gasteiger partial charge on any atom is -0.493 e. The average molecular weight is 270 g/mol. The Morgan fingerprint density at radius 3 is 2.75 bits per heavy atom.